The molecule has 6 heteroatoms. The fourth-order valence-electron chi connectivity index (χ4n) is 2.34. The van der Waals surface area contributed by atoms with E-state index in [1.54, 1.807) is 6.07 Å². The van der Waals surface area contributed by atoms with Crippen molar-refractivity contribution in [1.82, 2.24) is 15.3 Å². The first kappa shape index (κ1) is 13.4. The molecule has 0 radical (unpaired) electrons. The molecule has 1 saturated heterocycles. The summed E-state index contributed by atoms with van der Waals surface area (Å²) in [5, 5.41) is 5.98. The van der Waals surface area contributed by atoms with Crippen LogP contribution in [0.2, 0.25) is 0 Å². The summed E-state index contributed by atoms with van der Waals surface area (Å²) in [5.74, 6) is 1.50. The van der Waals surface area contributed by atoms with E-state index in [0.29, 0.717) is 17.5 Å². The number of aromatic nitrogens is 2. The van der Waals surface area contributed by atoms with Crippen molar-refractivity contribution in [3.05, 3.63) is 36.4 Å². The number of nitrogens with two attached hydrogens (primary N) is 1. The van der Waals surface area contributed by atoms with Crippen LogP contribution in [0, 0.1) is 0 Å². The smallest absolute Gasteiger partial charge is 0.242 e. The summed E-state index contributed by atoms with van der Waals surface area (Å²) < 4.78 is 0. The first-order valence-corrected chi connectivity index (χ1v) is 6.96. The largest absolute Gasteiger partial charge is 0.384 e. The first-order chi connectivity index (χ1) is 10.2. The highest BCUT2D eigenvalue weighted by molar-refractivity contribution is 5.85. The summed E-state index contributed by atoms with van der Waals surface area (Å²) in [7, 11) is 0. The van der Waals surface area contributed by atoms with Crippen molar-refractivity contribution < 1.29 is 4.79 Å². The molecule has 1 atom stereocenters. The van der Waals surface area contributed by atoms with Crippen LogP contribution in [-0.2, 0) is 4.79 Å². The number of anilines is 2. The van der Waals surface area contributed by atoms with Crippen LogP contribution in [0.3, 0.4) is 0 Å². The Morgan fingerprint density at radius 2 is 2.05 bits per heavy atom. The van der Waals surface area contributed by atoms with Crippen LogP contribution in [-0.4, -0.2) is 28.5 Å². The number of rotatable bonds is 3. The Bertz CT molecular complexity index is 644. The summed E-state index contributed by atoms with van der Waals surface area (Å²) >= 11 is 0. The van der Waals surface area contributed by atoms with Gasteiger partial charge in [-0.15, -0.1) is 0 Å². The van der Waals surface area contributed by atoms with Gasteiger partial charge in [0.2, 0.25) is 5.91 Å². The molecule has 1 aromatic carbocycles. The normalized spacial score (nSPS) is 18.1. The Morgan fingerprint density at radius 1 is 1.24 bits per heavy atom. The topological polar surface area (TPSA) is 92.9 Å². The summed E-state index contributed by atoms with van der Waals surface area (Å²) in [6, 6.07) is 11.0. The van der Waals surface area contributed by atoms with E-state index < -0.39 is 0 Å². The fourth-order valence-corrected chi connectivity index (χ4v) is 2.34. The van der Waals surface area contributed by atoms with E-state index in [4.69, 9.17) is 5.73 Å². The van der Waals surface area contributed by atoms with Crippen molar-refractivity contribution in [3.63, 3.8) is 0 Å². The highest BCUT2D eigenvalue weighted by Crippen LogP contribution is 2.20. The molecule has 21 heavy (non-hydrogen) atoms. The SMILES string of the molecule is Nc1cc(NC2CCCNC2=O)nc(-c2ccccc2)n1. The van der Waals surface area contributed by atoms with E-state index in [0.717, 1.165) is 24.9 Å². The van der Waals surface area contributed by atoms with Crippen molar-refractivity contribution >= 4 is 17.5 Å². The van der Waals surface area contributed by atoms with Gasteiger partial charge in [-0.2, -0.15) is 0 Å². The minimum Gasteiger partial charge on any atom is -0.384 e. The fraction of sp³-hybridized carbons (Fsp3) is 0.267. The van der Waals surface area contributed by atoms with Gasteiger partial charge in [0.15, 0.2) is 5.82 Å². The second-order valence-corrected chi connectivity index (χ2v) is 5.00. The molecule has 1 aliphatic rings. The summed E-state index contributed by atoms with van der Waals surface area (Å²) in [6.45, 7) is 0.734. The van der Waals surface area contributed by atoms with Crippen LogP contribution in [0.4, 0.5) is 11.6 Å². The summed E-state index contributed by atoms with van der Waals surface area (Å²) in [5.41, 5.74) is 6.73. The number of nitrogens with one attached hydrogen (secondary N) is 2. The maximum absolute atomic E-state index is 11.8. The number of hydrogen-bond acceptors (Lipinski definition) is 5. The van der Waals surface area contributed by atoms with Crippen molar-refractivity contribution in [3.8, 4) is 11.4 Å². The maximum Gasteiger partial charge on any atom is 0.242 e. The number of amides is 1. The molecule has 4 N–H and O–H groups in total. The van der Waals surface area contributed by atoms with E-state index >= 15 is 0 Å². The summed E-state index contributed by atoms with van der Waals surface area (Å²) in [4.78, 5) is 20.5. The van der Waals surface area contributed by atoms with Gasteiger partial charge in [0.25, 0.3) is 0 Å². The van der Waals surface area contributed by atoms with Crippen LogP contribution in [0.15, 0.2) is 36.4 Å². The van der Waals surface area contributed by atoms with Gasteiger partial charge in [0, 0.05) is 18.2 Å². The zero-order valence-electron chi connectivity index (χ0n) is 11.5. The third-order valence-electron chi connectivity index (χ3n) is 3.39. The van der Waals surface area contributed by atoms with E-state index in [-0.39, 0.29) is 11.9 Å². The lowest BCUT2D eigenvalue weighted by molar-refractivity contribution is -0.123. The molecule has 2 heterocycles. The van der Waals surface area contributed by atoms with Gasteiger partial charge in [-0.1, -0.05) is 30.3 Å². The lowest BCUT2D eigenvalue weighted by Crippen LogP contribution is -2.44. The van der Waals surface area contributed by atoms with Gasteiger partial charge < -0.3 is 16.4 Å². The van der Waals surface area contributed by atoms with Gasteiger partial charge in [0.1, 0.15) is 17.7 Å². The molecular formula is C15H17N5O. The van der Waals surface area contributed by atoms with Gasteiger partial charge in [0.05, 0.1) is 0 Å². The van der Waals surface area contributed by atoms with E-state index in [1.165, 1.54) is 0 Å². The minimum atomic E-state index is -0.267. The standard InChI is InChI=1S/C15H17N5O/c16-12-9-13(18-11-7-4-8-17-15(11)21)20-14(19-12)10-5-2-1-3-6-10/h1-3,5-6,9,11H,4,7-8H2,(H,17,21)(H3,16,18,19,20). The number of benzene rings is 1. The number of hydrogen-bond donors (Lipinski definition) is 3. The molecule has 0 spiro atoms. The zero-order valence-corrected chi connectivity index (χ0v) is 11.5. The number of carbonyl (C=O) groups excluding carboxylic acids is 1. The number of carbonyl (C=O) groups is 1. The lowest BCUT2D eigenvalue weighted by Gasteiger charge is -2.23. The Morgan fingerprint density at radius 3 is 2.81 bits per heavy atom. The van der Waals surface area contributed by atoms with Crippen LogP contribution < -0.4 is 16.4 Å². The van der Waals surface area contributed by atoms with Gasteiger partial charge >= 0.3 is 0 Å². The van der Waals surface area contributed by atoms with E-state index in [9.17, 15) is 4.79 Å². The molecular weight excluding hydrogens is 266 g/mol. The van der Waals surface area contributed by atoms with Crippen LogP contribution in [0.1, 0.15) is 12.8 Å². The molecule has 2 aromatic rings. The monoisotopic (exact) mass is 283 g/mol. The molecule has 6 nitrogen and oxygen atoms in total. The highest BCUT2D eigenvalue weighted by Gasteiger charge is 2.22. The van der Waals surface area contributed by atoms with Gasteiger partial charge in [-0.25, -0.2) is 9.97 Å². The van der Waals surface area contributed by atoms with Crippen molar-refractivity contribution in [1.29, 1.82) is 0 Å². The van der Waals surface area contributed by atoms with E-state index in [1.807, 2.05) is 30.3 Å². The average molecular weight is 283 g/mol. The Balaban J connectivity index is 1.86. The maximum atomic E-state index is 11.8. The van der Waals surface area contributed by atoms with E-state index in [2.05, 4.69) is 20.6 Å². The predicted molar refractivity (Wildman–Crippen MR) is 81.5 cm³/mol. The highest BCUT2D eigenvalue weighted by atomic mass is 16.2. The van der Waals surface area contributed by atoms with Gasteiger partial charge in [-0.05, 0) is 12.8 Å². The molecule has 0 aliphatic carbocycles. The lowest BCUT2D eigenvalue weighted by atomic mass is 10.1. The van der Waals surface area contributed by atoms with Crippen molar-refractivity contribution in [2.75, 3.05) is 17.6 Å². The molecule has 0 saturated carbocycles. The quantitative estimate of drug-likeness (QED) is 0.792. The minimum absolute atomic E-state index is 0.000283. The Hall–Kier alpha value is -2.63. The molecule has 1 fully saturated rings. The molecule has 1 aliphatic heterocycles. The molecule has 1 unspecified atom stereocenters. The number of nitrogen functional groups attached to an aromatic ring is 1. The van der Waals surface area contributed by atoms with Crippen LogP contribution in [0.25, 0.3) is 11.4 Å². The molecule has 1 aromatic heterocycles. The third-order valence-corrected chi connectivity index (χ3v) is 3.39. The average Bonchev–Trinajstić information content (AvgIpc) is 2.50. The van der Waals surface area contributed by atoms with Crippen molar-refractivity contribution in [2.45, 2.75) is 18.9 Å². The van der Waals surface area contributed by atoms with Crippen molar-refractivity contribution in [2.24, 2.45) is 0 Å². The molecule has 0 bridgehead atoms. The molecule has 108 valence electrons. The van der Waals surface area contributed by atoms with Crippen LogP contribution >= 0.6 is 0 Å². The third kappa shape index (κ3) is 3.10. The molecule has 3 rings (SSSR count). The number of nitrogens with zero attached hydrogens (tertiary/aromatic N) is 2. The summed E-state index contributed by atoms with van der Waals surface area (Å²) in [6.07, 6.45) is 1.74. The second-order valence-electron chi connectivity index (χ2n) is 5.00. The molecule has 1 amide bonds. The second kappa shape index (κ2) is 5.78. The zero-order chi connectivity index (χ0) is 14.7. The number of piperidine rings is 1. The Labute approximate surface area is 122 Å². The van der Waals surface area contributed by atoms with Gasteiger partial charge in [-0.3, -0.25) is 4.79 Å². The first-order valence-electron chi connectivity index (χ1n) is 6.96. The Kier molecular flexibility index (Phi) is 3.68. The predicted octanol–water partition coefficient (Wildman–Crippen LogP) is 1.42. The van der Waals surface area contributed by atoms with Crippen LogP contribution in [0.5, 0.6) is 0 Å².